The molecule has 0 saturated carbocycles. The minimum atomic E-state index is -0.863. The van der Waals surface area contributed by atoms with Gasteiger partial charge in [0.2, 0.25) is 0 Å². The highest BCUT2D eigenvalue weighted by Crippen LogP contribution is 2.39. The van der Waals surface area contributed by atoms with Crippen molar-refractivity contribution in [2.24, 2.45) is 0 Å². The summed E-state index contributed by atoms with van der Waals surface area (Å²) in [5, 5.41) is 10.7. The number of furan rings is 1. The van der Waals surface area contributed by atoms with Crippen LogP contribution < -0.4 is 0 Å². The van der Waals surface area contributed by atoms with Crippen LogP contribution in [-0.4, -0.2) is 48.8 Å². The molecule has 0 bridgehead atoms. The minimum absolute atomic E-state index is 0.00844. The van der Waals surface area contributed by atoms with Crippen molar-refractivity contribution in [1.29, 1.82) is 0 Å². The molecule has 1 aromatic carbocycles. The largest absolute Gasteiger partial charge is 0.507 e. The molecule has 7 nitrogen and oxygen atoms in total. The van der Waals surface area contributed by atoms with Gasteiger partial charge in [0.15, 0.2) is 6.29 Å². The van der Waals surface area contributed by atoms with Crippen LogP contribution >= 0.6 is 0 Å². The SMILES string of the molecule is COC(CN1C(=O)C(=O)/C(=C(\O)c2ccccc2)C1c1ccco1)OC. The molecule has 0 radical (unpaired) electrons. The first-order chi connectivity index (χ1) is 12.6. The predicted octanol–water partition coefficient (Wildman–Crippen LogP) is 2.32. The van der Waals surface area contributed by atoms with Crippen LogP contribution in [0.4, 0.5) is 0 Å². The van der Waals surface area contributed by atoms with E-state index in [2.05, 4.69) is 0 Å². The van der Waals surface area contributed by atoms with Crippen molar-refractivity contribution in [3.63, 3.8) is 0 Å². The van der Waals surface area contributed by atoms with Gasteiger partial charge in [-0.25, -0.2) is 0 Å². The molecule has 3 rings (SSSR count). The van der Waals surface area contributed by atoms with Crippen molar-refractivity contribution < 1.29 is 28.6 Å². The van der Waals surface area contributed by atoms with Crippen LogP contribution in [-0.2, 0) is 19.1 Å². The maximum absolute atomic E-state index is 12.7. The van der Waals surface area contributed by atoms with Crippen LogP contribution in [0.2, 0.25) is 0 Å². The lowest BCUT2D eigenvalue weighted by molar-refractivity contribution is -0.149. The fraction of sp³-hybridized carbons (Fsp3) is 0.263. The zero-order valence-corrected chi connectivity index (χ0v) is 14.4. The molecule has 1 N–H and O–H groups in total. The highest BCUT2D eigenvalue weighted by molar-refractivity contribution is 6.46. The quantitative estimate of drug-likeness (QED) is 0.369. The van der Waals surface area contributed by atoms with E-state index in [1.807, 2.05) is 0 Å². The van der Waals surface area contributed by atoms with Crippen LogP contribution in [0.5, 0.6) is 0 Å². The third-order valence-electron chi connectivity index (χ3n) is 4.27. The standard InChI is InChI=1S/C19H19NO6/c1-24-14(25-2)11-20-16(13-9-6-10-26-13)15(18(22)19(20)23)17(21)12-7-4-3-5-8-12/h3-10,14,16,21H,11H2,1-2H3/b17-15-. The Bertz CT molecular complexity index is 808. The molecule has 1 saturated heterocycles. The molecule has 0 aliphatic carbocycles. The summed E-state index contributed by atoms with van der Waals surface area (Å²) in [6, 6.07) is 11.0. The van der Waals surface area contributed by atoms with Gasteiger partial charge in [0.05, 0.1) is 18.4 Å². The summed E-state index contributed by atoms with van der Waals surface area (Å²) in [6.45, 7) is 0.00844. The average Bonchev–Trinajstić information content (AvgIpc) is 3.28. The number of carbonyl (C=O) groups excluding carboxylic acids is 2. The van der Waals surface area contributed by atoms with E-state index in [9.17, 15) is 14.7 Å². The Morgan fingerprint density at radius 2 is 1.85 bits per heavy atom. The van der Waals surface area contributed by atoms with Gasteiger partial charge in [-0.2, -0.15) is 0 Å². The normalized spacial score (nSPS) is 19.5. The second kappa shape index (κ2) is 7.55. The smallest absolute Gasteiger partial charge is 0.295 e. The second-order valence-corrected chi connectivity index (χ2v) is 5.73. The van der Waals surface area contributed by atoms with Crippen molar-refractivity contribution in [2.75, 3.05) is 20.8 Å². The topological polar surface area (TPSA) is 89.2 Å². The van der Waals surface area contributed by atoms with Crippen LogP contribution in [0.15, 0.2) is 58.7 Å². The Morgan fingerprint density at radius 1 is 1.15 bits per heavy atom. The van der Waals surface area contributed by atoms with Gasteiger partial charge in [-0.3, -0.25) is 9.59 Å². The van der Waals surface area contributed by atoms with Crippen molar-refractivity contribution in [1.82, 2.24) is 4.90 Å². The van der Waals surface area contributed by atoms with E-state index in [0.717, 1.165) is 0 Å². The van der Waals surface area contributed by atoms with Crippen LogP contribution in [0, 0.1) is 0 Å². The first-order valence-electron chi connectivity index (χ1n) is 8.01. The molecule has 7 heteroatoms. The number of ether oxygens (including phenoxy) is 2. The van der Waals surface area contributed by atoms with Gasteiger partial charge in [-0.05, 0) is 12.1 Å². The molecule has 1 fully saturated rings. The zero-order valence-electron chi connectivity index (χ0n) is 14.4. The molecule has 136 valence electrons. The summed E-state index contributed by atoms with van der Waals surface area (Å²) in [5.41, 5.74) is 0.416. The number of rotatable bonds is 6. The molecule has 1 aliphatic heterocycles. The Kier molecular flexibility index (Phi) is 5.20. The summed E-state index contributed by atoms with van der Waals surface area (Å²) in [4.78, 5) is 26.5. The molecule has 1 amide bonds. The fourth-order valence-electron chi connectivity index (χ4n) is 2.97. The minimum Gasteiger partial charge on any atom is -0.507 e. The predicted molar refractivity (Wildman–Crippen MR) is 92.0 cm³/mol. The van der Waals surface area contributed by atoms with Crippen LogP contribution in [0.1, 0.15) is 17.4 Å². The number of carbonyl (C=O) groups is 2. The number of Topliss-reactive ketones (excluding diaryl/α,β-unsaturated/α-hetero) is 1. The Labute approximate surface area is 150 Å². The van der Waals surface area contributed by atoms with E-state index in [-0.39, 0.29) is 17.9 Å². The molecule has 26 heavy (non-hydrogen) atoms. The van der Waals surface area contributed by atoms with E-state index >= 15 is 0 Å². The number of aliphatic hydroxyl groups excluding tert-OH is 1. The maximum atomic E-state index is 12.7. The number of benzene rings is 1. The molecule has 1 atom stereocenters. The molecule has 0 spiro atoms. The third-order valence-corrected chi connectivity index (χ3v) is 4.27. The van der Waals surface area contributed by atoms with Crippen molar-refractivity contribution in [3.05, 3.63) is 65.6 Å². The number of nitrogens with zero attached hydrogens (tertiary/aromatic N) is 1. The summed E-state index contributed by atoms with van der Waals surface area (Å²) in [6.07, 6.45) is 0.727. The molecule has 1 aliphatic rings. The maximum Gasteiger partial charge on any atom is 0.295 e. The van der Waals surface area contributed by atoms with Gasteiger partial charge in [-0.1, -0.05) is 30.3 Å². The number of ketones is 1. The third kappa shape index (κ3) is 3.14. The number of amides is 1. The van der Waals surface area contributed by atoms with E-state index in [1.54, 1.807) is 42.5 Å². The van der Waals surface area contributed by atoms with E-state index in [4.69, 9.17) is 13.9 Å². The monoisotopic (exact) mass is 357 g/mol. The number of methoxy groups -OCH3 is 2. The Morgan fingerprint density at radius 3 is 2.42 bits per heavy atom. The first kappa shape index (κ1) is 17.9. The van der Waals surface area contributed by atoms with Crippen molar-refractivity contribution in [2.45, 2.75) is 12.3 Å². The summed E-state index contributed by atoms with van der Waals surface area (Å²) in [7, 11) is 2.88. The van der Waals surface area contributed by atoms with Crippen molar-refractivity contribution in [3.8, 4) is 0 Å². The number of likely N-dealkylation sites (tertiary alicyclic amines) is 1. The average molecular weight is 357 g/mol. The first-order valence-corrected chi connectivity index (χ1v) is 8.01. The van der Waals surface area contributed by atoms with Gasteiger partial charge >= 0.3 is 0 Å². The van der Waals surface area contributed by atoms with Crippen LogP contribution in [0.25, 0.3) is 5.76 Å². The highest BCUT2D eigenvalue weighted by atomic mass is 16.7. The number of hydrogen-bond donors (Lipinski definition) is 1. The molecule has 1 aromatic heterocycles. The summed E-state index contributed by atoms with van der Waals surface area (Å²) >= 11 is 0. The fourth-order valence-corrected chi connectivity index (χ4v) is 2.97. The van der Waals surface area contributed by atoms with Gasteiger partial charge in [0, 0.05) is 19.8 Å². The van der Waals surface area contributed by atoms with Gasteiger partial charge in [0.25, 0.3) is 11.7 Å². The lowest BCUT2D eigenvalue weighted by Gasteiger charge is -2.26. The highest BCUT2D eigenvalue weighted by Gasteiger charge is 2.48. The molecule has 1 unspecified atom stereocenters. The van der Waals surface area contributed by atoms with E-state index in [1.165, 1.54) is 25.4 Å². The van der Waals surface area contributed by atoms with Crippen molar-refractivity contribution >= 4 is 17.4 Å². The molecular formula is C19H19NO6. The molecule has 2 aromatic rings. The second-order valence-electron chi connectivity index (χ2n) is 5.73. The summed E-state index contributed by atoms with van der Waals surface area (Å²) in [5.74, 6) is -1.41. The number of aliphatic hydroxyl groups is 1. The zero-order chi connectivity index (χ0) is 18.7. The molecule has 2 heterocycles. The lowest BCUT2D eigenvalue weighted by atomic mass is 9.99. The molecular weight excluding hydrogens is 338 g/mol. The van der Waals surface area contributed by atoms with E-state index in [0.29, 0.717) is 11.3 Å². The lowest BCUT2D eigenvalue weighted by Crippen LogP contribution is -2.38. The van der Waals surface area contributed by atoms with E-state index < -0.39 is 24.0 Å². The number of hydrogen-bond acceptors (Lipinski definition) is 6. The van der Waals surface area contributed by atoms with Gasteiger partial charge in [0.1, 0.15) is 17.6 Å². The van der Waals surface area contributed by atoms with Gasteiger partial charge in [-0.15, -0.1) is 0 Å². The van der Waals surface area contributed by atoms with Gasteiger partial charge < -0.3 is 23.9 Å². The Hall–Kier alpha value is -2.90. The Balaban J connectivity index is 2.11. The summed E-state index contributed by atoms with van der Waals surface area (Å²) < 4.78 is 15.7. The van der Waals surface area contributed by atoms with Crippen LogP contribution in [0.3, 0.4) is 0 Å².